The highest BCUT2D eigenvalue weighted by molar-refractivity contribution is 5.40. The maximum Gasteiger partial charge on any atom is 0.131 e. The van der Waals surface area contributed by atoms with E-state index in [0.717, 1.165) is 37.4 Å². The molecule has 21 heavy (non-hydrogen) atoms. The summed E-state index contributed by atoms with van der Waals surface area (Å²) in [4.78, 5) is 0. The second kappa shape index (κ2) is 7.84. The fraction of sp³-hybridized carbons (Fsp3) is 0.368. The summed E-state index contributed by atoms with van der Waals surface area (Å²) in [5.74, 6) is 1.83. The van der Waals surface area contributed by atoms with Crippen molar-refractivity contribution >= 4 is 0 Å². The number of nitrogens with one attached hydrogen (secondary N) is 1. The van der Waals surface area contributed by atoms with Crippen LogP contribution in [0, 0.1) is 6.92 Å². The van der Waals surface area contributed by atoms with E-state index in [1.165, 1.54) is 16.7 Å². The van der Waals surface area contributed by atoms with E-state index >= 15 is 0 Å². The van der Waals surface area contributed by atoms with Crippen LogP contribution in [0.25, 0.3) is 0 Å². The van der Waals surface area contributed by atoms with Crippen molar-refractivity contribution in [3.8, 4) is 11.5 Å². The second-order valence-electron chi connectivity index (χ2n) is 5.39. The molecule has 0 aromatic heterocycles. The van der Waals surface area contributed by atoms with E-state index in [1.54, 1.807) is 0 Å². The largest absolute Gasteiger partial charge is 0.457 e. The summed E-state index contributed by atoms with van der Waals surface area (Å²) in [5, 5.41) is 3.44. The molecule has 2 nitrogen and oxygen atoms in total. The molecule has 2 aromatic carbocycles. The molecule has 0 saturated heterocycles. The molecule has 2 aromatic rings. The first-order valence-corrected chi connectivity index (χ1v) is 7.80. The molecule has 0 bridgehead atoms. The predicted molar refractivity (Wildman–Crippen MR) is 89.1 cm³/mol. The lowest BCUT2D eigenvalue weighted by molar-refractivity contribution is 0.472. The molecule has 0 saturated carbocycles. The Morgan fingerprint density at radius 1 is 1.00 bits per heavy atom. The standard InChI is InChI=1S/C19H25NO/c1-4-12-20-14-17-13-15(3)6-11-19(17)21-18-9-7-16(5-2)8-10-18/h6-11,13,20H,4-5,12,14H2,1-3H3. The molecule has 112 valence electrons. The lowest BCUT2D eigenvalue weighted by atomic mass is 10.1. The van der Waals surface area contributed by atoms with Crippen LogP contribution >= 0.6 is 0 Å². The summed E-state index contributed by atoms with van der Waals surface area (Å²) in [7, 11) is 0. The number of hydrogen-bond acceptors (Lipinski definition) is 2. The van der Waals surface area contributed by atoms with Crippen molar-refractivity contribution in [2.24, 2.45) is 0 Å². The van der Waals surface area contributed by atoms with Crippen LogP contribution < -0.4 is 10.1 Å². The SMILES string of the molecule is CCCNCc1cc(C)ccc1Oc1ccc(CC)cc1. The zero-order valence-electron chi connectivity index (χ0n) is 13.3. The fourth-order valence-corrected chi connectivity index (χ4v) is 2.27. The van der Waals surface area contributed by atoms with Gasteiger partial charge in [-0.2, -0.15) is 0 Å². The first kappa shape index (κ1) is 15.6. The molecular formula is C19H25NO. The molecule has 0 heterocycles. The van der Waals surface area contributed by atoms with Crippen LogP contribution in [0.3, 0.4) is 0 Å². The first-order valence-electron chi connectivity index (χ1n) is 7.80. The maximum absolute atomic E-state index is 6.05. The van der Waals surface area contributed by atoms with Crippen molar-refractivity contribution in [2.45, 2.75) is 40.2 Å². The van der Waals surface area contributed by atoms with Crippen LogP contribution in [0.5, 0.6) is 11.5 Å². The molecule has 0 spiro atoms. The third kappa shape index (κ3) is 4.61. The molecule has 2 heteroatoms. The highest BCUT2D eigenvalue weighted by Crippen LogP contribution is 2.26. The van der Waals surface area contributed by atoms with E-state index in [0.29, 0.717) is 0 Å². The molecule has 0 aliphatic rings. The number of ether oxygens (including phenoxy) is 1. The van der Waals surface area contributed by atoms with E-state index in [4.69, 9.17) is 4.74 Å². The topological polar surface area (TPSA) is 21.3 Å². The summed E-state index contributed by atoms with van der Waals surface area (Å²) in [6.45, 7) is 8.32. The van der Waals surface area contributed by atoms with E-state index < -0.39 is 0 Å². The van der Waals surface area contributed by atoms with Crippen LogP contribution in [0.1, 0.15) is 37.0 Å². The van der Waals surface area contributed by atoms with Gasteiger partial charge in [-0.25, -0.2) is 0 Å². The zero-order valence-corrected chi connectivity index (χ0v) is 13.3. The van der Waals surface area contributed by atoms with Gasteiger partial charge >= 0.3 is 0 Å². The molecule has 0 aliphatic heterocycles. The lowest BCUT2D eigenvalue weighted by Gasteiger charge is -2.13. The zero-order chi connectivity index (χ0) is 15.1. The number of benzene rings is 2. The van der Waals surface area contributed by atoms with Gasteiger partial charge in [-0.15, -0.1) is 0 Å². The molecule has 0 radical (unpaired) electrons. The van der Waals surface area contributed by atoms with Gasteiger partial charge in [0, 0.05) is 12.1 Å². The minimum Gasteiger partial charge on any atom is -0.457 e. The quantitative estimate of drug-likeness (QED) is 0.733. The van der Waals surface area contributed by atoms with Gasteiger partial charge in [-0.1, -0.05) is 43.7 Å². The lowest BCUT2D eigenvalue weighted by Crippen LogP contribution is -2.14. The van der Waals surface area contributed by atoms with Crippen LogP contribution in [0.2, 0.25) is 0 Å². The molecule has 2 rings (SSSR count). The van der Waals surface area contributed by atoms with Gasteiger partial charge in [0.1, 0.15) is 11.5 Å². The van der Waals surface area contributed by atoms with Crippen molar-refractivity contribution < 1.29 is 4.74 Å². The molecule has 0 fully saturated rings. The minimum atomic E-state index is 0.845. The summed E-state index contributed by atoms with van der Waals surface area (Å²) in [5.41, 5.74) is 3.80. The van der Waals surface area contributed by atoms with Crippen molar-refractivity contribution in [3.05, 3.63) is 59.2 Å². The van der Waals surface area contributed by atoms with Gasteiger partial charge in [-0.05, 0) is 50.1 Å². The van der Waals surface area contributed by atoms with E-state index in [2.05, 4.69) is 56.4 Å². The van der Waals surface area contributed by atoms with Crippen LogP contribution in [0.4, 0.5) is 0 Å². The summed E-state index contributed by atoms with van der Waals surface area (Å²) in [6.07, 6.45) is 2.19. The fourth-order valence-electron chi connectivity index (χ4n) is 2.27. The van der Waals surface area contributed by atoms with Gasteiger partial charge in [0.25, 0.3) is 0 Å². The molecule has 0 atom stereocenters. The van der Waals surface area contributed by atoms with Crippen LogP contribution in [0.15, 0.2) is 42.5 Å². The first-order chi connectivity index (χ1) is 10.2. The van der Waals surface area contributed by atoms with Crippen molar-refractivity contribution in [1.82, 2.24) is 5.32 Å². The molecule has 0 unspecified atom stereocenters. The Bertz CT molecular complexity index is 560. The summed E-state index contributed by atoms with van der Waals surface area (Å²) in [6, 6.07) is 14.7. The van der Waals surface area contributed by atoms with Crippen molar-refractivity contribution in [2.75, 3.05) is 6.54 Å². The highest BCUT2D eigenvalue weighted by Gasteiger charge is 2.05. The number of rotatable bonds is 7. The summed E-state index contributed by atoms with van der Waals surface area (Å²) < 4.78 is 6.05. The van der Waals surface area contributed by atoms with Gasteiger partial charge in [-0.3, -0.25) is 0 Å². The third-order valence-corrected chi connectivity index (χ3v) is 3.52. The maximum atomic E-state index is 6.05. The smallest absolute Gasteiger partial charge is 0.131 e. The number of aryl methyl sites for hydroxylation is 2. The number of hydrogen-bond donors (Lipinski definition) is 1. The monoisotopic (exact) mass is 283 g/mol. The van der Waals surface area contributed by atoms with Crippen LogP contribution in [-0.2, 0) is 13.0 Å². The van der Waals surface area contributed by atoms with E-state index in [-0.39, 0.29) is 0 Å². The Labute approximate surface area is 128 Å². The second-order valence-corrected chi connectivity index (χ2v) is 5.39. The molecule has 0 aliphatic carbocycles. The molecule has 1 N–H and O–H groups in total. The summed E-state index contributed by atoms with van der Waals surface area (Å²) >= 11 is 0. The molecule has 0 amide bonds. The molecular weight excluding hydrogens is 258 g/mol. The Kier molecular flexibility index (Phi) is 5.82. The Hall–Kier alpha value is -1.80. The normalized spacial score (nSPS) is 10.6. The predicted octanol–water partition coefficient (Wildman–Crippen LogP) is 4.85. The van der Waals surface area contributed by atoms with Gasteiger partial charge in [0.2, 0.25) is 0 Å². The Balaban J connectivity index is 2.13. The average Bonchev–Trinajstić information content (AvgIpc) is 2.51. The van der Waals surface area contributed by atoms with E-state index in [9.17, 15) is 0 Å². The van der Waals surface area contributed by atoms with Gasteiger partial charge < -0.3 is 10.1 Å². The van der Waals surface area contributed by atoms with Crippen molar-refractivity contribution in [1.29, 1.82) is 0 Å². The van der Waals surface area contributed by atoms with Crippen molar-refractivity contribution in [3.63, 3.8) is 0 Å². The highest BCUT2D eigenvalue weighted by atomic mass is 16.5. The van der Waals surface area contributed by atoms with E-state index in [1.807, 2.05) is 12.1 Å². The van der Waals surface area contributed by atoms with Gasteiger partial charge in [0.05, 0.1) is 0 Å². The van der Waals surface area contributed by atoms with Gasteiger partial charge in [0.15, 0.2) is 0 Å². The Morgan fingerprint density at radius 3 is 2.43 bits per heavy atom. The van der Waals surface area contributed by atoms with Crippen LogP contribution in [-0.4, -0.2) is 6.54 Å². The Morgan fingerprint density at radius 2 is 1.76 bits per heavy atom. The average molecular weight is 283 g/mol. The third-order valence-electron chi connectivity index (χ3n) is 3.52. The minimum absolute atomic E-state index is 0.845.